The van der Waals surface area contributed by atoms with E-state index in [1.165, 1.54) is 12.1 Å². The van der Waals surface area contributed by atoms with Crippen molar-refractivity contribution in [2.75, 3.05) is 0 Å². The quantitative estimate of drug-likeness (QED) is 0.190. The van der Waals surface area contributed by atoms with Gasteiger partial charge >= 0.3 is 0 Å². The Balaban J connectivity index is 1.77. The predicted molar refractivity (Wildman–Crippen MR) is 166 cm³/mol. The van der Waals surface area contributed by atoms with Gasteiger partial charge in [0.15, 0.2) is 0 Å². The molecule has 0 spiro atoms. The van der Waals surface area contributed by atoms with E-state index in [2.05, 4.69) is 77.6 Å². The van der Waals surface area contributed by atoms with E-state index < -0.39 is 22.2 Å². The highest BCUT2D eigenvalue weighted by Crippen LogP contribution is 2.32. The number of aromatic nitrogens is 2. The number of nitrogens with zero attached hydrogens (tertiary/aromatic N) is 2. The lowest BCUT2D eigenvalue weighted by Crippen LogP contribution is -2.25. The monoisotopic (exact) mass is 764 g/mol. The molecule has 0 aliphatic rings. The molecular formula is C28H20Br4N2O4. The molecule has 38 heavy (non-hydrogen) atoms. The minimum Gasteiger partial charge on any atom is -0.268 e. The van der Waals surface area contributed by atoms with E-state index in [1.807, 2.05) is 24.3 Å². The molecule has 5 rings (SSSR count). The van der Waals surface area contributed by atoms with Gasteiger partial charge in [0.25, 0.3) is 22.2 Å². The van der Waals surface area contributed by atoms with Crippen molar-refractivity contribution in [3.63, 3.8) is 0 Å². The summed E-state index contributed by atoms with van der Waals surface area (Å²) in [4.78, 5) is 54.0. The third-order valence-electron chi connectivity index (χ3n) is 6.57. The van der Waals surface area contributed by atoms with Crippen LogP contribution in [0.5, 0.6) is 0 Å². The number of hydrogen-bond donors (Lipinski definition) is 0. The number of aryl methyl sites for hydroxylation is 2. The Kier molecular flexibility index (Phi) is 7.54. The topological polar surface area (TPSA) is 78.1 Å². The summed E-state index contributed by atoms with van der Waals surface area (Å²) < 4.78 is 4.54. The van der Waals surface area contributed by atoms with Crippen LogP contribution in [0.15, 0.2) is 73.5 Å². The van der Waals surface area contributed by atoms with Crippen LogP contribution in [0.25, 0.3) is 32.9 Å². The SMILES string of the molecule is CCCc1cc(Br)c(-n2c(=O)c3cc4c(=O)n(-c5c(Br)cc(CCC)cc5Br)c(=O)c4cc3c2=O)c(Br)c1. The van der Waals surface area contributed by atoms with E-state index in [-0.39, 0.29) is 21.5 Å². The van der Waals surface area contributed by atoms with Gasteiger partial charge < -0.3 is 0 Å². The van der Waals surface area contributed by atoms with Gasteiger partial charge in [0.2, 0.25) is 0 Å². The lowest BCUT2D eigenvalue weighted by Gasteiger charge is -2.10. The van der Waals surface area contributed by atoms with Crippen LogP contribution >= 0.6 is 63.7 Å². The number of fused-ring (bicyclic) bond motifs is 2. The molecule has 0 aliphatic carbocycles. The van der Waals surface area contributed by atoms with Gasteiger partial charge in [-0.15, -0.1) is 0 Å². The fourth-order valence-electron chi connectivity index (χ4n) is 4.91. The second-order valence-corrected chi connectivity index (χ2v) is 12.6. The zero-order valence-corrected chi connectivity index (χ0v) is 26.7. The van der Waals surface area contributed by atoms with Crippen LogP contribution in [-0.4, -0.2) is 9.13 Å². The molecule has 6 nitrogen and oxygen atoms in total. The molecular weight excluding hydrogens is 748 g/mol. The molecule has 2 heterocycles. The fourth-order valence-corrected chi connectivity index (χ4v) is 8.18. The average Bonchev–Trinajstić information content (AvgIpc) is 3.23. The molecule has 2 aromatic heterocycles. The second kappa shape index (κ2) is 10.4. The lowest BCUT2D eigenvalue weighted by molar-refractivity contribution is 0.912. The summed E-state index contributed by atoms with van der Waals surface area (Å²) in [6, 6.07) is 10.3. The van der Waals surface area contributed by atoms with Crippen LogP contribution in [0.1, 0.15) is 37.8 Å². The van der Waals surface area contributed by atoms with E-state index in [0.29, 0.717) is 29.3 Å². The zero-order valence-electron chi connectivity index (χ0n) is 20.3. The van der Waals surface area contributed by atoms with Gasteiger partial charge in [-0.1, -0.05) is 26.7 Å². The molecule has 0 bridgehead atoms. The number of benzene rings is 3. The van der Waals surface area contributed by atoms with Crippen molar-refractivity contribution in [3.8, 4) is 11.4 Å². The van der Waals surface area contributed by atoms with Crippen LogP contribution in [-0.2, 0) is 12.8 Å². The maximum atomic E-state index is 13.5. The van der Waals surface area contributed by atoms with Crippen LogP contribution in [0.4, 0.5) is 0 Å². The van der Waals surface area contributed by atoms with Crippen LogP contribution in [0.3, 0.4) is 0 Å². The first-order valence-electron chi connectivity index (χ1n) is 12.0. The first kappa shape index (κ1) is 27.4. The summed E-state index contributed by atoms with van der Waals surface area (Å²) in [5.74, 6) is 0. The standard InChI is InChI=1S/C28H20Br4N2O4/c1-3-5-13-7-19(29)23(20(30)8-13)33-25(35)15-11-17-18(12-16(15)26(33)36)28(38)34(27(17)37)24-21(31)9-14(6-4-2)10-22(24)32/h7-12H,3-6H2,1-2H3. The van der Waals surface area contributed by atoms with E-state index in [4.69, 9.17) is 0 Å². The molecule has 0 fully saturated rings. The Morgan fingerprint density at radius 3 is 1.00 bits per heavy atom. The predicted octanol–water partition coefficient (Wildman–Crippen LogP) is 6.85. The van der Waals surface area contributed by atoms with Gasteiger partial charge in [-0.05, 0) is 124 Å². The molecule has 0 radical (unpaired) electrons. The third kappa shape index (κ3) is 4.33. The Morgan fingerprint density at radius 2 is 0.763 bits per heavy atom. The summed E-state index contributed by atoms with van der Waals surface area (Å²) in [6.07, 6.45) is 3.60. The van der Waals surface area contributed by atoms with Crippen molar-refractivity contribution in [1.82, 2.24) is 9.13 Å². The number of rotatable bonds is 6. The molecule has 0 amide bonds. The largest absolute Gasteiger partial charge is 0.268 e. The maximum absolute atomic E-state index is 13.5. The summed E-state index contributed by atoms with van der Waals surface area (Å²) >= 11 is 14.1. The molecule has 194 valence electrons. The first-order valence-corrected chi connectivity index (χ1v) is 15.2. The highest BCUT2D eigenvalue weighted by atomic mass is 79.9. The molecule has 10 heteroatoms. The minimum atomic E-state index is -0.553. The fraction of sp³-hybridized carbons (Fsp3) is 0.214. The number of halogens is 4. The van der Waals surface area contributed by atoms with E-state index in [1.54, 1.807) is 0 Å². The van der Waals surface area contributed by atoms with E-state index in [0.717, 1.165) is 45.9 Å². The molecule has 3 aromatic carbocycles. The first-order chi connectivity index (χ1) is 18.1. The molecule has 0 N–H and O–H groups in total. The van der Waals surface area contributed by atoms with Crippen molar-refractivity contribution < 1.29 is 0 Å². The van der Waals surface area contributed by atoms with E-state index in [9.17, 15) is 19.2 Å². The molecule has 0 atom stereocenters. The summed E-state index contributed by atoms with van der Waals surface area (Å²) in [7, 11) is 0. The van der Waals surface area contributed by atoms with Gasteiger partial charge in [-0.25, -0.2) is 9.13 Å². The van der Waals surface area contributed by atoms with Gasteiger partial charge in [-0.3, -0.25) is 19.2 Å². The molecule has 0 saturated heterocycles. The highest BCUT2D eigenvalue weighted by molar-refractivity contribution is 9.11. The third-order valence-corrected chi connectivity index (χ3v) is 8.99. The Bertz CT molecular complexity index is 1720. The van der Waals surface area contributed by atoms with Crippen LogP contribution in [0, 0.1) is 0 Å². The summed E-state index contributed by atoms with van der Waals surface area (Å²) in [5, 5.41) is 0.350. The molecule has 0 saturated carbocycles. The molecule has 0 unspecified atom stereocenters. The lowest BCUT2D eigenvalue weighted by atomic mass is 10.1. The second-order valence-electron chi connectivity index (χ2n) is 9.15. The van der Waals surface area contributed by atoms with Crippen molar-refractivity contribution >= 4 is 85.3 Å². The Morgan fingerprint density at radius 1 is 0.500 bits per heavy atom. The maximum Gasteiger partial charge on any atom is 0.266 e. The molecule has 5 aromatic rings. The van der Waals surface area contributed by atoms with E-state index >= 15 is 0 Å². The van der Waals surface area contributed by atoms with Crippen molar-refractivity contribution in [2.45, 2.75) is 39.5 Å². The Hall–Kier alpha value is -2.14. The van der Waals surface area contributed by atoms with Gasteiger partial charge in [0, 0.05) is 17.9 Å². The van der Waals surface area contributed by atoms with Crippen LogP contribution in [0.2, 0.25) is 0 Å². The average molecular weight is 768 g/mol. The van der Waals surface area contributed by atoms with Crippen molar-refractivity contribution in [1.29, 1.82) is 0 Å². The smallest absolute Gasteiger partial charge is 0.266 e. The van der Waals surface area contributed by atoms with Crippen LogP contribution < -0.4 is 22.2 Å². The van der Waals surface area contributed by atoms with Crippen molar-refractivity contribution in [3.05, 3.63) is 107 Å². The highest BCUT2D eigenvalue weighted by Gasteiger charge is 2.24. The van der Waals surface area contributed by atoms with Crippen molar-refractivity contribution in [2.24, 2.45) is 0 Å². The normalized spacial score (nSPS) is 11.7. The van der Waals surface area contributed by atoms with Gasteiger partial charge in [0.1, 0.15) is 0 Å². The minimum absolute atomic E-state index is 0.0876. The van der Waals surface area contributed by atoms with Gasteiger partial charge in [0.05, 0.1) is 32.9 Å². The summed E-state index contributed by atoms with van der Waals surface area (Å²) in [5.41, 5.74) is 0.671. The zero-order chi connectivity index (χ0) is 27.5. The number of hydrogen-bond acceptors (Lipinski definition) is 4. The Labute approximate surface area is 250 Å². The molecule has 0 aliphatic heterocycles. The van der Waals surface area contributed by atoms with Gasteiger partial charge in [-0.2, -0.15) is 0 Å². The summed E-state index contributed by atoms with van der Waals surface area (Å²) in [6.45, 7) is 4.14.